The van der Waals surface area contributed by atoms with Gasteiger partial charge >= 0.3 is 0 Å². The lowest BCUT2D eigenvalue weighted by molar-refractivity contribution is -0.123. The van der Waals surface area contributed by atoms with E-state index in [2.05, 4.69) is 41.8 Å². The lowest BCUT2D eigenvalue weighted by atomic mass is 10.0. The molecule has 0 aliphatic carbocycles. The van der Waals surface area contributed by atoms with Crippen molar-refractivity contribution in [2.24, 2.45) is 0 Å². The first-order valence-electron chi connectivity index (χ1n) is 7.49. The van der Waals surface area contributed by atoms with E-state index in [4.69, 9.17) is 0 Å². The molecule has 0 saturated carbocycles. The Labute approximate surface area is 126 Å². The summed E-state index contributed by atoms with van der Waals surface area (Å²) in [6.07, 6.45) is 2.90. The zero-order valence-electron chi connectivity index (χ0n) is 13.4. The van der Waals surface area contributed by atoms with E-state index in [0.717, 1.165) is 18.5 Å². The van der Waals surface area contributed by atoms with Gasteiger partial charge in [-0.2, -0.15) is 0 Å². The number of benzene rings is 1. The molecule has 2 N–H and O–H groups in total. The molecule has 0 spiro atoms. The highest BCUT2D eigenvalue weighted by molar-refractivity contribution is 5.86. The maximum Gasteiger partial charge on any atom is 0.240 e. The number of amides is 1. The Hall–Kier alpha value is -1.81. The number of aromatic nitrogens is 1. The van der Waals surface area contributed by atoms with E-state index in [1.54, 1.807) is 0 Å². The van der Waals surface area contributed by atoms with Crippen LogP contribution < -0.4 is 10.6 Å². The zero-order chi connectivity index (χ0) is 15.5. The molecule has 1 aromatic heterocycles. The first kappa shape index (κ1) is 15.6. The molecule has 1 aromatic carbocycles. The Kier molecular flexibility index (Phi) is 4.68. The van der Waals surface area contributed by atoms with Crippen molar-refractivity contribution in [1.82, 2.24) is 15.2 Å². The summed E-state index contributed by atoms with van der Waals surface area (Å²) in [5.41, 5.74) is 2.19. The maximum absolute atomic E-state index is 12.3. The fourth-order valence-corrected chi connectivity index (χ4v) is 2.47. The van der Waals surface area contributed by atoms with Gasteiger partial charge < -0.3 is 15.2 Å². The largest absolute Gasteiger partial charge is 0.350 e. The third-order valence-electron chi connectivity index (χ3n) is 3.91. The molecule has 0 fully saturated rings. The van der Waals surface area contributed by atoms with Crippen molar-refractivity contribution in [3.63, 3.8) is 0 Å². The van der Waals surface area contributed by atoms with Crippen molar-refractivity contribution >= 4 is 16.8 Å². The van der Waals surface area contributed by atoms with E-state index in [1.165, 1.54) is 10.9 Å². The average Bonchev–Trinajstić information content (AvgIpc) is 2.83. The fourth-order valence-electron chi connectivity index (χ4n) is 2.47. The smallest absolute Gasteiger partial charge is 0.240 e. The van der Waals surface area contributed by atoms with E-state index in [0.29, 0.717) is 6.54 Å². The third-order valence-corrected chi connectivity index (χ3v) is 3.91. The van der Waals surface area contributed by atoms with Crippen LogP contribution in [0.4, 0.5) is 0 Å². The van der Waals surface area contributed by atoms with Crippen LogP contribution in [0.15, 0.2) is 30.5 Å². The van der Waals surface area contributed by atoms with Gasteiger partial charge in [0.2, 0.25) is 5.91 Å². The predicted octanol–water partition coefficient (Wildman–Crippen LogP) is 2.67. The Bertz CT molecular complexity index is 628. The summed E-state index contributed by atoms with van der Waals surface area (Å²) in [6, 6.07) is 8.30. The van der Waals surface area contributed by atoms with E-state index in [-0.39, 0.29) is 11.4 Å². The Morgan fingerprint density at radius 1 is 1.29 bits per heavy atom. The van der Waals surface area contributed by atoms with Crippen LogP contribution in [0.3, 0.4) is 0 Å². The van der Waals surface area contributed by atoms with Gasteiger partial charge in [0.05, 0.1) is 5.52 Å². The molecule has 1 amide bonds. The molecule has 21 heavy (non-hydrogen) atoms. The van der Waals surface area contributed by atoms with Crippen molar-refractivity contribution in [1.29, 1.82) is 0 Å². The average molecular weight is 287 g/mol. The first-order chi connectivity index (χ1) is 9.96. The Morgan fingerprint density at radius 2 is 2.05 bits per heavy atom. The number of hydrogen-bond acceptors (Lipinski definition) is 2. The normalized spacial score (nSPS) is 11.8. The number of nitrogens with one attached hydrogen (secondary N) is 2. The van der Waals surface area contributed by atoms with Crippen LogP contribution in [-0.2, 0) is 17.9 Å². The van der Waals surface area contributed by atoms with Crippen molar-refractivity contribution in [2.45, 2.75) is 45.8 Å². The Morgan fingerprint density at radius 3 is 2.71 bits per heavy atom. The van der Waals surface area contributed by atoms with Crippen LogP contribution in [-0.4, -0.2) is 23.1 Å². The summed E-state index contributed by atoms with van der Waals surface area (Å²) >= 11 is 0. The summed E-state index contributed by atoms with van der Waals surface area (Å²) in [4.78, 5) is 12.3. The molecule has 0 atom stereocenters. The third kappa shape index (κ3) is 3.64. The lowest BCUT2D eigenvalue weighted by Gasteiger charge is -2.24. The van der Waals surface area contributed by atoms with Gasteiger partial charge in [0, 0.05) is 18.3 Å². The molecule has 0 bridgehead atoms. The molecule has 114 valence electrons. The molecule has 0 saturated heterocycles. The zero-order valence-corrected chi connectivity index (χ0v) is 13.4. The number of nitrogens with zero attached hydrogens (tertiary/aromatic N) is 1. The molecule has 0 radical (unpaired) electrons. The highest BCUT2D eigenvalue weighted by Crippen LogP contribution is 2.20. The van der Waals surface area contributed by atoms with Crippen LogP contribution in [0.1, 0.15) is 32.8 Å². The van der Waals surface area contributed by atoms with Gasteiger partial charge in [-0.3, -0.25) is 4.79 Å². The van der Waals surface area contributed by atoms with Gasteiger partial charge in [0.1, 0.15) is 6.54 Å². The first-order valence-corrected chi connectivity index (χ1v) is 7.49. The van der Waals surface area contributed by atoms with E-state index in [1.807, 2.05) is 31.7 Å². The highest BCUT2D eigenvalue weighted by Gasteiger charge is 2.18. The topological polar surface area (TPSA) is 46.1 Å². The van der Waals surface area contributed by atoms with Crippen LogP contribution in [0.5, 0.6) is 0 Å². The van der Waals surface area contributed by atoms with Crippen molar-refractivity contribution in [2.75, 3.05) is 7.05 Å². The second kappa shape index (κ2) is 6.31. The van der Waals surface area contributed by atoms with Gasteiger partial charge in [-0.05, 0) is 44.3 Å². The van der Waals surface area contributed by atoms with Crippen molar-refractivity contribution < 1.29 is 4.79 Å². The van der Waals surface area contributed by atoms with Crippen LogP contribution in [0, 0.1) is 0 Å². The minimum Gasteiger partial charge on any atom is -0.350 e. The summed E-state index contributed by atoms with van der Waals surface area (Å²) in [5, 5.41) is 7.44. The highest BCUT2D eigenvalue weighted by atomic mass is 16.2. The number of carbonyl (C=O) groups excluding carboxylic acids is 1. The number of rotatable bonds is 6. The number of hydrogen-bond donors (Lipinski definition) is 2. The van der Waals surface area contributed by atoms with Crippen LogP contribution in [0.25, 0.3) is 10.9 Å². The molecular weight excluding hydrogens is 262 g/mol. The molecule has 0 aliphatic heterocycles. The molecular formula is C17H25N3O. The Balaban J connectivity index is 2.24. The second-order valence-corrected chi connectivity index (χ2v) is 6.11. The summed E-state index contributed by atoms with van der Waals surface area (Å²) in [5.74, 6) is 0.0543. The number of fused-ring (bicyclic) bond motifs is 1. The maximum atomic E-state index is 12.3. The fraction of sp³-hybridized carbons (Fsp3) is 0.471. The summed E-state index contributed by atoms with van der Waals surface area (Å²) in [7, 11) is 1.93. The molecule has 0 unspecified atom stereocenters. The van der Waals surface area contributed by atoms with Gasteiger partial charge in [-0.1, -0.05) is 25.1 Å². The minimum absolute atomic E-state index is 0.0543. The summed E-state index contributed by atoms with van der Waals surface area (Å²) < 4.78 is 2.03. The van der Waals surface area contributed by atoms with Gasteiger partial charge in [0.15, 0.2) is 0 Å². The van der Waals surface area contributed by atoms with Crippen LogP contribution in [0.2, 0.25) is 0 Å². The molecule has 4 heteroatoms. The van der Waals surface area contributed by atoms with E-state index in [9.17, 15) is 4.79 Å². The monoisotopic (exact) mass is 287 g/mol. The van der Waals surface area contributed by atoms with Crippen LogP contribution >= 0.6 is 0 Å². The SMILES string of the molecule is CCC(C)(C)NC(=O)Cn1ccc2cccc(CNC)c21. The molecule has 0 aliphatic rings. The molecule has 4 nitrogen and oxygen atoms in total. The summed E-state index contributed by atoms with van der Waals surface area (Å²) in [6.45, 7) is 7.32. The van der Waals surface area contributed by atoms with Gasteiger partial charge in [0.25, 0.3) is 0 Å². The number of para-hydroxylation sites is 1. The van der Waals surface area contributed by atoms with E-state index < -0.39 is 0 Å². The number of carbonyl (C=O) groups is 1. The molecule has 2 aromatic rings. The van der Waals surface area contributed by atoms with Crippen molar-refractivity contribution in [3.05, 3.63) is 36.0 Å². The predicted molar refractivity (Wildman–Crippen MR) is 87.2 cm³/mol. The molecule has 2 rings (SSSR count). The van der Waals surface area contributed by atoms with Gasteiger partial charge in [-0.25, -0.2) is 0 Å². The lowest BCUT2D eigenvalue weighted by Crippen LogP contribution is -2.44. The second-order valence-electron chi connectivity index (χ2n) is 6.11. The van der Waals surface area contributed by atoms with E-state index >= 15 is 0 Å². The van der Waals surface area contributed by atoms with Gasteiger partial charge in [-0.15, -0.1) is 0 Å². The van der Waals surface area contributed by atoms with Crippen molar-refractivity contribution in [3.8, 4) is 0 Å². The quantitative estimate of drug-likeness (QED) is 0.858. The minimum atomic E-state index is -0.159. The standard InChI is InChI=1S/C17H25N3O/c1-5-17(2,3)19-15(21)12-20-10-9-13-7-6-8-14(11-18-4)16(13)20/h6-10,18H,5,11-12H2,1-4H3,(H,19,21). The molecule has 1 heterocycles.